The molecule has 0 aromatic heterocycles. The van der Waals surface area contributed by atoms with E-state index in [-0.39, 0.29) is 12.6 Å². The van der Waals surface area contributed by atoms with Crippen molar-refractivity contribution in [1.82, 2.24) is 0 Å². The molecule has 2 aliphatic rings. The van der Waals surface area contributed by atoms with Crippen molar-refractivity contribution in [2.75, 3.05) is 18.1 Å². The van der Waals surface area contributed by atoms with E-state index in [2.05, 4.69) is 0 Å². The van der Waals surface area contributed by atoms with Crippen LogP contribution in [-0.2, 0) is 4.79 Å². The first-order valence-electron chi connectivity index (χ1n) is 7.08. The maximum atomic E-state index is 12.2. The molecule has 0 saturated carbocycles. The van der Waals surface area contributed by atoms with Gasteiger partial charge in [0.25, 0.3) is 11.7 Å². The van der Waals surface area contributed by atoms with Gasteiger partial charge in [0.2, 0.25) is 0 Å². The molecule has 22 heavy (non-hydrogen) atoms. The van der Waals surface area contributed by atoms with Gasteiger partial charge in [0.05, 0.1) is 17.8 Å². The van der Waals surface area contributed by atoms with E-state index in [1.807, 2.05) is 30.3 Å². The van der Waals surface area contributed by atoms with E-state index >= 15 is 0 Å². The van der Waals surface area contributed by atoms with Crippen LogP contribution in [0, 0.1) is 0 Å². The van der Waals surface area contributed by atoms with Crippen molar-refractivity contribution in [2.45, 2.75) is 6.10 Å². The first-order valence-corrected chi connectivity index (χ1v) is 7.08. The van der Waals surface area contributed by atoms with Crippen LogP contribution in [0.5, 0.6) is 11.5 Å². The summed E-state index contributed by atoms with van der Waals surface area (Å²) in [5.74, 6) is 0.379. The van der Waals surface area contributed by atoms with E-state index < -0.39 is 11.7 Å². The molecule has 0 aliphatic carbocycles. The van der Waals surface area contributed by atoms with Gasteiger partial charge in [0.15, 0.2) is 17.6 Å². The van der Waals surface area contributed by atoms with Crippen LogP contribution < -0.4 is 14.4 Å². The fourth-order valence-electron chi connectivity index (χ4n) is 2.79. The summed E-state index contributed by atoms with van der Waals surface area (Å²) in [7, 11) is 0. The van der Waals surface area contributed by atoms with Crippen LogP contribution in [-0.4, -0.2) is 30.9 Å². The minimum absolute atomic E-state index is 0.288. The third kappa shape index (κ3) is 1.94. The topological polar surface area (TPSA) is 55.8 Å². The Kier molecular flexibility index (Phi) is 2.85. The van der Waals surface area contributed by atoms with Crippen LogP contribution in [0.2, 0.25) is 0 Å². The number of ether oxygens (including phenoxy) is 2. The van der Waals surface area contributed by atoms with Crippen LogP contribution in [0.4, 0.5) is 5.69 Å². The number of hydrogen-bond acceptors (Lipinski definition) is 4. The Labute approximate surface area is 127 Å². The number of Topliss-reactive ketones (excluding diaryl/α,β-unsaturated/α-hetero) is 1. The zero-order valence-corrected chi connectivity index (χ0v) is 11.7. The molecule has 1 amide bonds. The SMILES string of the molecule is O=C1C(=O)N(C[C@@H]2COc3ccccc3O2)c2ccccc21. The quantitative estimate of drug-likeness (QED) is 0.796. The van der Waals surface area contributed by atoms with Gasteiger partial charge in [-0.25, -0.2) is 0 Å². The summed E-state index contributed by atoms with van der Waals surface area (Å²) in [5.41, 5.74) is 1.09. The summed E-state index contributed by atoms with van der Waals surface area (Å²) in [6.07, 6.45) is -0.308. The molecule has 5 heteroatoms. The molecule has 0 radical (unpaired) electrons. The average molecular weight is 295 g/mol. The van der Waals surface area contributed by atoms with Crippen LogP contribution >= 0.6 is 0 Å². The third-order valence-corrected chi connectivity index (χ3v) is 3.83. The number of amides is 1. The predicted octanol–water partition coefficient (Wildman–Crippen LogP) is 2.06. The van der Waals surface area contributed by atoms with Gasteiger partial charge in [-0.2, -0.15) is 0 Å². The maximum absolute atomic E-state index is 12.2. The summed E-state index contributed by atoms with van der Waals surface area (Å²) in [6.45, 7) is 0.632. The maximum Gasteiger partial charge on any atom is 0.299 e. The number of benzene rings is 2. The number of rotatable bonds is 2. The monoisotopic (exact) mass is 295 g/mol. The number of para-hydroxylation sites is 3. The van der Waals surface area contributed by atoms with Gasteiger partial charge >= 0.3 is 0 Å². The van der Waals surface area contributed by atoms with Crippen molar-refractivity contribution in [3.8, 4) is 11.5 Å². The number of nitrogens with zero attached hydrogens (tertiary/aromatic N) is 1. The second-order valence-corrected chi connectivity index (χ2v) is 5.26. The van der Waals surface area contributed by atoms with E-state index in [1.54, 1.807) is 18.2 Å². The highest BCUT2D eigenvalue weighted by molar-refractivity contribution is 6.52. The molecule has 2 aliphatic heterocycles. The second kappa shape index (κ2) is 4.87. The summed E-state index contributed by atoms with van der Waals surface area (Å²) in [5, 5.41) is 0. The second-order valence-electron chi connectivity index (χ2n) is 5.26. The van der Waals surface area contributed by atoms with Crippen molar-refractivity contribution in [3.05, 3.63) is 54.1 Å². The Hall–Kier alpha value is -2.82. The summed E-state index contributed by atoms with van der Waals surface area (Å²) >= 11 is 0. The van der Waals surface area contributed by atoms with Crippen molar-refractivity contribution >= 4 is 17.4 Å². The molecule has 5 nitrogen and oxygen atoms in total. The van der Waals surface area contributed by atoms with Crippen molar-refractivity contribution < 1.29 is 19.1 Å². The minimum Gasteiger partial charge on any atom is -0.486 e. The summed E-state index contributed by atoms with van der Waals surface area (Å²) in [6, 6.07) is 14.4. The Morgan fingerprint density at radius 1 is 1.00 bits per heavy atom. The van der Waals surface area contributed by atoms with E-state index in [1.165, 1.54) is 4.90 Å². The number of fused-ring (bicyclic) bond motifs is 2. The molecule has 4 rings (SSSR count). The molecule has 0 unspecified atom stereocenters. The Morgan fingerprint density at radius 3 is 2.59 bits per heavy atom. The lowest BCUT2D eigenvalue weighted by atomic mass is 10.1. The lowest BCUT2D eigenvalue weighted by Crippen LogP contribution is -2.43. The summed E-state index contributed by atoms with van der Waals surface area (Å²) in [4.78, 5) is 25.6. The van der Waals surface area contributed by atoms with Gasteiger partial charge < -0.3 is 14.4 Å². The van der Waals surface area contributed by atoms with E-state index in [4.69, 9.17) is 9.47 Å². The third-order valence-electron chi connectivity index (χ3n) is 3.83. The standard InChI is InChI=1S/C17H13NO4/c19-16-12-5-1-2-6-13(12)18(17(16)20)9-11-10-21-14-7-3-4-8-15(14)22-11/h1-8,11H,9-10H2/t11-/m1/s1. The smallest absolute Gasteiger partial charge is 0.299 e. The predicted molar refractivity (Wildman–Crippen MR) is 79.5 cm³/mol. The van der Waals surface area contributed by atoms with Crippen molar-refractivity contribution in [1.29, 1.82) is 0 Å². The van der Waals surface area contributed by atoms with Crippen LogP contribution in [0.1, 0.15) is 10.4 Å². The molecule has 2 aromatic carbocycles. The van der Waals surface area contributed by atoms with E-state index in [9.17, 15) is 9.59 Å². The largest absolute Gasteiger partial charge is 0.486 e. The molecule has 1 atom stereocenters. The van der Waals surface area contributed by atoms with Crippen LogP contribution in [0.15, 0.2) is 48.5 Å². The highest BCUT2D eigenvalue weighted by atomic mass is 16.6. The fraction of sp³-hybridized carbons (Fsp3) is 0.176. The average Bonchev–Trinajstić information content (AvgIpc) is 2.80. The number of carbonyl (C=O) groups excluding carboxylic acids is 2. The summed E-state index contributed by atoms with van der Waals surface area (Å²) < 4.78 is 11.5. The van der Waals surface area contributed by atoms with Crippen LogP contribution in [0.3, 0.4) is 0 Å². The van der Waals surface area contributed by atoms with Gasteiger partial charge in [-0.1, -0.05) is 24.3 Å². The highest BCUT2D eigenvalue weighted by Crippen LogP contribution is 2.33. The Morgan fingerprint density at radius 2 is 1.73 bits per heavy atom. The highest BCUT2D eigenvalue weighted by Gasteiger charge is 2.37. The molecular formula is C17H13NO4. The Bertz CT molecular complexity index is 771. The van der Waals surface area contributed by atoms with Gasteiger partial charge in [-0.3, -0.25) is 9.59 Å². The fourth-order valence-corrected chi connectivity index (χ4v) is 2.79. The van der Waals surface area contributed by atoms with Crippen molar-refractivity contribution in [3.63, 3.8) is 0 Å². The van der Waals surface area contributed by atoms with Gasteiger partial charge in [0, 0.05) is 0 Å². The first kappa shape index (κ1) is 12.9. The Balaban J connectivity index is 1.58. The molecule has 2 aromatic rings. The van der Waals surface area contributed by atoms with Crippen LogP contribution in [0.25, 0.3) is 0 Å². The molecule has 0 saturated heterocycles. The first-order chi connectivity index (χ1) is 10.7. The van der Waals surface area contributed by atoms with Gasteiger partial charge in [-0.05, 0) is 24.3 Å². The number of carbonyl (C=O) groups is 2. The normalized spacial score (nSPS) is 19.3. The van der Waals surface area contributed by atoms with Crippen molar-refractivity contribution in [2.24, 2.45) is 0 Å². The zero-order valence-electron chi connectivity index (χ0n) is 11.7. The number of anilines is 1. The zero-order chi connectivity index (χ0) is 15.1. The molecule has 2 heterocycles. The number of ketones is 1. The molecule has 110 valence electrons. The minimum atomic E-state index is -0.511. The van der Waals surface area contributed by atoms with Gasteiger partial charge in [0.1, 0.15) is 6.61 Å². The molecule has 0 fully saturated rings. The molecule has 0 bridgehead atoms. The van der Waals surface area contributed by atoms with E-state index in [0.29, 0.717) is 29.4 Å². The molecular weight excluding hydrogens is 282 g/mol. The lowest BCUT2D eigenvalue weighted by Gasteiger charge is -2.29. The molecule has 0 N–H and O–H groups in total. The van der Waals surface area contributed by atoms with Gasteiger partial charge in [-0.15, -0.1) is 0 Å². The van der Waals surface area contributed by atoms with E-state index in [0.717, 1.165) is 0 Å². The molecule has 0 spiro atoms. The lowest BCUT2D eigenvalue weighted by molar-refractivity contribution is -0.114. The number of hydrogen-bond donors (Lipinski definition) is 0.